The minimum absolute atomic E-state index is 0.250. The zero-order chi connectivity index (χ0) is 20.6. The molecule has 0 spiro atoms. The highest BCUT2D eigenvalue weighted by molar-refractivity contribution is 5.37. The van der Waals surface area contributed by atoms with Gasteiger partial charge in [0.15, 0.2) is 0 Å². The van der Waals surface area contributed by atoms with Crippen LogP contribution in [0.15, 0.2) is 30.5 Å². The van der Waals surface area contributed by atoms with Gasteiger partial charge in [-0.2, -0.15) is 5.26 Å². The number of carboxylic acid groups (broad SMARTS) is 1. The molecule has 1 aromatic heterocycles. The minimum Gasteiger partial charge on any atom is -0.483 e. The predicted octanol–water partition coefficient (Wildman–Crippen LogP) is 1.62. The SMILES string of the molecule is Cc1cnc(CN2C[C@@H]3COC[C@H](C2)N(Cc2ccccc2C#N)C3)[nH]1.O=CO. The maximum absolute atomic E-state index is 9.39. The first-order valence-corrected chi connectivity index (χ1v) is 9.73. The van der Waals surface area contributed by atoms with Crippen molar-refractivity contribution in [1.29, 1.82) is 5.26 Å². The molecule has 0 unspecified atom stereocenters. The summed E-state index contributed by atoms with van der Waals surface area (Å²) in [6, 6.07) is 10.6. The van der Waals surface area contributed by atoms with Crippen LogP contribution < -0.4 is 0 Å². The lowest BCUT2D eigenvalue weighted by atomic mass is 10.1. The maximum Gasteiger partial charge on any atom is 0.290 e. The zero-order valence-electron chi connectivity index (χ0n) is 16.6. The van der Waals surface area contributed by atoms with Crippen LogP contribution in [-0.4, -0.2) is 70.2 Å². The van der Waals surface area contributed by atoms with E-state index >= 15 is 0 Å². The topological polar surface area (TPSA) is 105 Å². The van der Waals surface area contributed by atoms with Crippen LogP contribution in [-0.2, 0) is 22.6 Å². The number of H-pyrrole nitrogens is 1. The Balaban J connectivity index is 0.000000755. The summed E-state index contributed by atoms with van der Waals surface area (Å²) >= 11 is 0. The Labute approximate surface area is 170 Å². The molecule has 2 saturated heterocycles. The van der Waals surface area contributed by atoms with Gasteiger partial charge in [-0.25, -0.2) is 4.98 Å². The van der Waals surface area contributed by atoms with Gasteiger partial charge in [0.25, 0.3) is 6.47 Å². The van der Waals surface area contributed by atoms with Gasteiger partial charge in [0.05, 0.1) is 31.4 Å². The highest BCUT2D eigenvalue weighted by atomic mass is 16.5. The molecule has 2 N–H and O–H groups in total. The number of benzene rings is 1. The lowest BCUT2D eigenvalue weighted by molar-refractivity contribution is -0.122. The summed E-state index contributed by atoms with van der Waals surface area (Å²) in [6.07, 6.45) is 1.89. The number of fused-ring (bicyclic) bond motifs is 3. The first kappa shape index (κ1) is 21.0. The van der Waals surface area contributed by atoms with Gasteiger partial charge < -0.3 is 14.8 Å². The molecule has 8 nitrogen and oxygen atoms in total. The summed E-state index contributed by atoms with van der Waals surface area (Å²) in [5.74, 6) is 1.51. The highest BCUT2D eigenvalue weighted by Gasteiger charge is 2.33. The number of aromatic amines is 1. The Hall–Kier alpha value is -2.73. The molecule has 2 fully saturated rings. The normalized spacial score (nSPS) is 22.1. The van der Waals surface area contributed by atoms with Crippen LogP contribution in [0.25, 0.3) is 0 Å². The Morgan fingerprint density at radius 3 is 2.83 bits per heavy atom. The standard InChI is InChI=1S/C20H25N5O.CH2O2/c1-15-7-22-20(23-15)12-24-8-16-9-25(19(11-24)14-26-13-16)10-18-5-3-2-4-17(18)6-21;2-1-3/h2-5,7,16,19H,8-14H2,1H3,(H,22,23);1H,(H,2,3)/t16-,19-;/m0./s1. The molecule has 3 heterocycles. The number of hydrogen-bond donors (Lipinski definition) is 2. The first-order chi connectivity index (χ1) is 14.1. The molecule has 154 valence electrons. The summed E-state index contributed by atoms with van der Waals surface area (Å²) in [6.45, 7) is 8.00. The van der Waals surface area contributed by atoms with E-state index in [9.17, 15) is 5.26 Å². The third-order valence-electron chi connectivity index (χ3n) is 5.30. The van der Waals surface area contributed by atoms with Crippen molar-refractivity contribution in [3.63, 3.8) is 0 Å². The molecule has 29 heavy (non-hydrogen) atoms. The second kappa shape index (κ2) is 10.2. The predicted molar refractivity (Wildman–Crippen MR) is 107 cm³/mol. The number of nitrogens with zero attached hydrogens (tertiary/aromatic N) is 4. The molecule has 0 saturated carbocycles. The molecule has 0 radical (unpaired) electrons. The second-order valence-electron chi connectivity index (χ2n) is 7.57. The van der Waals surface area contributed by atoms with Crippen LogP contribution in [0.5, 0.6) is 0 Å². The van der Waals surface area contributed by atoms with Crippen LogP contribution in [0.4, 0.5) is 0 Å². The fourth-order valence-electron chi connectivity index (χ4n) is 4.09. The van der Waals surface area contributed by atoms with Gasteiger partial charge in [-0.05, 0) is 18.6 Å². The van der Waals surface area contributed by atoms with Crippen molar-refractivity contribution in [2.75, 3.05) is 32.8 Å². The van der Waals surface area contributed by atoms with Crippen molar-refractivity contribution in [2.24, 2.45) is 5.92 Å². The number of imidazole rings is 1. The maximum atomic E-state index is 9.39. The van der Waals surface area contributed by atoms with Crippen LogP contribution in [0.3, 0.4) is 0 Å². The monoisotopic (exact) mass is 397 g/mol. The van der Waals surface area contributed by atoms with Gasteiger partial charge >= 0.3 is 0 Å². The highest BCUT2D eigenvalue weighted by Crippen LogP contribution is 2.23. The van der Waals surface area contributed by atoms with E-state index in [1.54, 1.807) is 0 Å². The van der Waals surface area contributed by atoms with E-state index in [1.807, 2.05) is 31.3 Å². The largest absolute Gasteiger partial charge is 0.483 e. The molecule has 2 bridgehead atoms. The molecule has 4 rings (SSSR count). The van der Waals surface area contributed by atoms with Crippen molar-refractivity contribution in [3.8, 4) is 6.07 Å². The van der Waals surface area contributed by atoms with Crippen LogP contribution in [0.2, 0.25) is 0 Å². The van der Waals surface area contributed by atoms with Crippen molar-refractivity contribution >= 4 is 6.47 Å². The quantitative estimate of drug-likeness (QED) is 0.755. The van der Waals surface area contributed by atoms with Gasteiger partial charge in [-0.15, -0.1) is 0 Å². The van der Waals surface area contributed by atoms with Crippen molar-refractivity contribution in [2.45, 2.75) is 26.1 Å². The third kappa shape index (κ3) is 5.64. The van der Waals surface area contributed by atoms with Gasteiger partial charge in [0, 0.05) is 50.0 Å². The smallest absolute Gasteiger partial charge is 0.290 e. The second-order valence-corrected chi connectivity index (χ2v) is 7.57. The summed E-state index contributed by atoms with van der Waals surface area (Å²) in [5.41, 5.74) is 2.99. The zero-order valence-corrected chi connectivity index (χ0v) is 16.6. The summed E-state index contributed by atoms with van der Waals surface area (Å²) in [5, 5.41) is 16.3. The lowest BCUT2D eigenvalue weighted by Gasteiger charge is -2.31. The van der Waals surface area contributed by atoms with Crippen molar-refractivity contribution < 1.29 is 14.6 Å². The first-order valence-electron chi connectivity index (χ1n) is 9.73. The molecule has 2 atom stereocenters. The van der Waals surface area contributed by atoms with Crippen molar-refractivity contribution in [3.05, 3.63) is 53.1 Å². The molecule has 2 aromatic rings. The Morgan fingerprint density at radius 2 is 2.10 bits per heavy atom. The van der Waals surface area contributed by atoms with Crippen LogP contribution in [0.1, 0.15) is 22.6 Å². The minimum atomic E-state index is -0.250. The van der Waals surface area contributed by atoms with Crippen LogP contribution >= 0.6 is 0 Å². The van der Waals surface area contributed by atoms with Gasteiger partial charge in [-0.1, -0.05) is 18.2 Å². The van der Waals surface area contributed by atoms with Gasteiger partial charge in [0.2, 0.25) is 0 Å². The molecule has 2 aliphatic rings. The molecule has 2 aliphatic heterocycles. The molecule has 0 aliphatic carbocycles. The molecule has 0 amide bonds. The van der Waals surface area contributed by atoms with E-state index < -0.39 is 0 Å². The average Bonchev–Trinajstić information content (AvgIpc) is 2.91. The molecular weight excluding hydrogens is 370 g/mol. The summed E-state index contributed by atoms with van der Waals surface area (Å²) < 4.78 is 5.93. The van der Waals surface area contributed by atoms with Crippen molar-refractivity contribution in [1.82, 2.24) is 19.8 Å². The summed E-state index contributed by atoms with van der Waals surface area (Å²) in [7, 11) is 0. The fourth-order valence-corrected chi connectivity index (χ4v) is 4.09. The number of carbonyl (C=O) groups is 1. The van der Waals surface area contributed by atoms with E-state index in [1.165, 1.54) is 0 Å². The Morgan fingerprint density at radius 1 is 1.31 bits per heavy atom. The van der Waals surface area contributed by atoms with E-state index in [0.717, 1.165) is 68.6 Å². The van der Waals surface area contributed by atoms with Gasteiger partial charge in [0.1, 0.15) is 5.82 Å². The number of ether oxygens (including phenoxy) is 1. The number of aromatic nitrogens is 2. The third-order valence-corrected chi connectivity index (χ3v) is 5.30. The molecule has 8 heteroatoms. The van der Waals surface area contributed by atoms with Crippen LogP contribution in [0, 0.1) is 24.2 Å². The Kier molecular flexibility index (Phi) is 7.36. The Bertz CT molecular complexity index is 847. The van der Waals surface area contributed by atoms with E-state index in [2.05, 4.69) is 31.9 Å². The number of nitrogens with one attached hydrogen (secondary N) is 1. The number of rotatable bonds is 4. The van der Waals surface area contributed by atoms with Gasteiger partial charge in [-0.3, -0.25) is 14.6 Å². The van der Waals surface area contributed by atoms with E-state index in [0.29, 0.717) is 12.0 Å². The number of nitriles is 1. The van der Waals surface area contributed by atoms with E-state index in [4.69, 9.17) is 14.6 Å². The van der Waals surface area contributed by atoms with E-state index in [-0.39, 0.29) is 6.47 Å². The lowest BCUT2D eigenvalue weighted by Crippen LogP contribution is -2.43. The summed E-state index contributed by atoms with van der Waals surface area (Å²) in [4.78, 5) is 21.2. The molecule has 1 aromatic carbocycles. The fraction of sp³-hybridized carbons (Fsp3) is 0.476. The average molecular weight is 397 g/mol. The number of aryl methyl sites for hydroxylation is 1. The number of hydrogen-bond acceptors (Lipinski definition) is 6. The molecular formula is C21H27N5O3.